The topological polar surface area (TPSA) is 44.5 Å². The molecule has 13 heavy (non-hydrogen) atoms. The first-order valence-electron chi connectivity index (χ1n) is 4.40. The third kappa shape index (κ3) is 3.44. The minimum Gasteiger partial charge on any atom is -0.488 e. The molecular weight excluding hydrogens is 166 g/mol. The molecule has 1 unspecified atom stereocenters. The molecule has 0 saturated carbocycles. The molecule has 3 nitrogen and oxygen atoms in total. The van der Waals surface area contributed by atoms with Crippen LogP contribution >= 0.6 is 0 Å². The average Bonchev–Trinajstić information content (AvgIpc) is 2.19. The van der Waals surface area contributed by atoms with Crippen LogP contribution in [0.3, 0.4) is 0 Å². The second kappa shape index (κ2) is 5.56. The highest BCUT2D eigenvalue weighted by Gasteiger charge is 2.06. The van der Waals surface area contributed by atoms with Crippen LogP contribution in [0, 0.1) is 0 Å². The quantitative estimate of drug-likeness (QED) is 0.703. The summed E-state index contributed by atoms with van der Waals surface area (Å²) >= 11 is 0. The standard InChI is InChI=1S/C10H15NO2/c1-2-9(8-12-11)13-10-6-4-3-5-7-10/h3-7,9H,2,8,11H2,1H3. The SMILES string of the molecule is CCC(CON)Oc1ccccc1. The maximum Gasteiger partial charge on any atom is 0.124 e. The van der Waals surface area contributed by atoms with Gasteiger partial charge in [0.15, 0.2) is 0 Å². The van der Waals surface area contributed by atoms with Gasteiger partial charge in [-0.25, -0.2) is 5.90 Å². The molecule has 0 aliphatic heterocycles. The number of para-hydroxylation sites is 1. The molecule has 0 saturated heterocycles. The molecular formula is C10H15NO2. The summed E-state index contributed by atoms with van der Waals surface area (Å²) in [6.45, 7) is 2.46. The van der Waals surface area contributed by atoms with Gasteiger partial charge in [0.1, 0.15) is 18.5 Å². The van der Waals surface area contributed by atoms with E-state index in [1.807, 2.05) is 37.3 Å². The fourth-order valence-electron chi connectivity index (χ4n) is 1.03. The van der Waals surface area contributed by atoms with Crippen molar-refractivity contribution in [3.05, 3.63) is 30.3 Å². The van der Waals surface area contributed by atoms with E-state index in [1.54, 1.807) is 0 Å². The number of nitrogens with two attached hydrogens (primary N) is 1. The number of hydrogen-bond donors (Lipinski definition) is 1. The Hall–Kier alpha value is -1.06. The monoisotopic (exact) mass is 181 g/mol. The molecule has 0 aliphatic rings. The van der Waals surface area contributed by atoms with Gasteiger partial charge in [-0.15, -0.1) is 0 Å². The zero-order valence-electron chi connectivity index (χ0n) is 7.77. The van der Waals surface area contributed by atoms with Crippen LogP contribution in [0.5, 0.6) is 5.75 Å². The molecule has 0 aromatic heterocycles. The summed E-state index contributed by atoms with van der Waals surface area (Å²) in [5.74, 6) is 5.83. The van der Waals surface area contributed by atoms with Crippen molar-refractivity contribution in [3.63, 3.8) is 0 Å². The third-order valence-electron chi connectivity index (χ3n) is 1.78. The first-order valence-corrected chi connectivity index (χ1v) is 4.40. The van der Waals surface area contributed by atoms with E-state index >= 15 is 0 Å². The summed E-state index contributed by atoms with van der Waals surface area (Å²) in [4.78, 5) is 4.54. The molecule has 0 spiro atoms. The molecule has 0 heterocycles. The van der Waals surface area contributed by atoms with E-state index in [0.29, 0.717) is 6.61 Å². The van der Waals surface area contributed by atoms with Crippen molar-refractivity contribution in [2.45, 2.75) is 19.4 Å². The molecule has 2 N–H and O–H groups in total. The molecule has 3 heteroatoms. The highest BCUT2D eigenvalue weighted by Crippen LogP contribution is 2.12. The van der Waals surface area contributed by atoms with Crippen LogP contribution in [-0.4, -0.2) is 12.7 Å². The van der Waals surface area contributed by atoms with Crippen LogP contribution in [0.2, 0.25) is 0 Å². The van der Waals surface area contributed by atoms with Crippen LogP contribution < -0.4 is 10.6 Å². The lowest BCUT2D eigenvalue weighted by atomic mass is 10.3. The Bertz CT molecular complexity index is 226. The molecule has 0 radical (unpaired) electrons. The molecule has 0 bridgehead atoms. The van der Waals surface area contributed by atoms with Crippen LogP contribution in [-0.2, 0) is 4.84 Å². The second-order valence-electron chi connectivity index (χ2n) is 2.79. The molecule has 1 atom stereocenters. The van der Waals surface area contributed by atoms with E-state index in [4.69, 9.17) is 10.6 Å². The van der Waals surface area contributed by atoms with Crippen molar-refractivity contribution >= 4 is 0 Å². The van der Waals surface area contributed by atoms with Crippen LogP contribution in [0.25, 0.3) is 0 Å². The average molecular weight is 181 g/mol. The van der Waals surface area contributed by atoms with E-state index in [1.165, 1.54) is 0 Å². The zero-order chi connectivity index (χ0) is 9.52. The normalized spacial score (nSPS) is 12.5. The molecule has 0 fully saturated rings. The van der Waals surface area contributed by atoms with E-state index in [-0.39, 0.29) is 6.10 Å². The van der Waals surface area contributed by atoms with Crippen molar-refractivity contribution in [1.29, 1.82) is 0 Å². The first-order chi connectivity index (χ1) is 6.36. The lowest BCUT2D eigenvalue weighted by Crippen LogP contribution is -2.23. The van der Waals surface area contributed by atoms with Gasteiger partial charge < -0.3 is 9.57 Å². The van der Waals surface area contributed by atoms with E-state index in [0.717, 1.165) is 12.2 Å². The molecule has 1 aromatic rings. The van der Waals surface area contributed by atoms with E-state index in [2.05, 4.69) is 4.84 Å². The maximum atomic E-state index is 5.60. The van der Waals surface area contributed by atoms with Gasteiger partial charge in [-0.3, -0.25) is 0 Å². The van der Waals surface area contributed by atoms with Crippen molar-refractivity contribution in [2.75, 3.05) is 6.61 Å². The minimum absolute atomic E-state index is 0.0346. The van der Waals surface area contributed by atoms with Crippen LogP contribution in [0.1, 0.15) is 13.3 Å². The number of benzene rings is 1. The Labute approximate surface area is 78.4 Å². The summed E-state index contributed by atoms with van der Waals surface area (Å²) in [6.07, 6.45) is 0.916. The van der Waals surface area contributed by atoms with Gasteiger partial charge >= 0.3 is 0 Å². The van der Waals surface area contributed by atoms with E-state index < -0.39 is 0 Å². The summed E-state index contributed by atoms with van der Waals surface area (Å²) in [6, 6.07) is 9.66. The molecule has 1 aromatic carbocycles. The molecule has 72 valence electrons. The number of rotatable bonds is 5. The van der Waals surface area contributed by atoms with Gasteiger partial charge in [-0.2, -0.15) is 0 Å². The van der Waals surface area contributed by atoms with Gasteiger partial charge in [0, 0.05) is 0 Å². The van der Waals surface area contributed by atoms with Gasteiger partial charge in [0.05, 0.1) is 0 Å². The van der Waals surface area contributed by atoms with Crippen LogP contribution in [0.15, 0.2) is 30.3 Å². The maximum absolute atomic E-state index is 5.60. The van der Waals surface area contributed by atoms with Crippen molar-refractivity contribution in [2.24, 2.45) is 5.90 Å². The molecule has 0 amide bonds. The fraction of sp³-hybridized carbons (Fsp3) is 0.400. The third-order valence-corrected chi connectivity index (χ3v) is 1.78. The van der Waals surface area contributed by atoms with Crippen LogP contribution in [0.4, 0.5) is 0 Å². The lowest BCUT2D eigenvalue weighted by Gasteiger charge is -2.15. The Kier molecular flexibility index (Phi) is 4.29. The van der Waals surface area contributed by atoms with Gasteiger partial charge in [0.25, 0.3) is 0 Å². The highest BCUT2D eigenvalue weighted by atomic mass is 16.6. The molecule has 1 rings (SSSR count). The lowest BCUT2D eigenvalue weighted by molar-refractivity contribution is 0.0483. The largest absolute Gasteiger partial charge is 0.488 e. The summed E-state index contributed by atoms with van der Waals surface area (Å²) in [5, 5.41) is 0. The minimum atomic E-state index is 0.0346. The predicted octanol–water partition coefficient (Wildman–Crippen LogP) is 1.73. The Morgan fingerprint density at radius 2 is 2.00 bits per heavy atom. The summed E-state index contributed by atoms with van der Waals surface area (Å²) < 4.78 is 5.60. The van der Waals surface area contributed by atoms with Crippen molar-refractivity contribution in [3.8, 4) is 5.75 Å². The summed E-state index contributed by atoms with van der Waals surface area (Å²) in [5.41, 5.74) is 0. The van der Waals surface area contributed by atoms with Crippen molar-refractivity contribution in [1.82, 2.24) is 0 Å². The van der Waals surface area contributed by atoms with Gasteiger partial charge in [0.2, 0.25) is 0 Å². The predicted molar refractivity (Wildman–Crippen MR) is 51.3 cm³/mol. The number of hydrogen-bond acceptors (Lipinski definition) is 3. The summed E-state index contributed by atoms with van der Waals surface area (Å²) in [7, 11) is 0. The van der Waals surface area contributed by atoms with Gasteiger partial charge in [-0.05, 0) is 18.6 Å². The van der Waals surface area contributed by atoms with Gasteiger partial charge in [-0.1, -0.05) is 25.1 Å². The Morgan fingerprint density at radius 1 is 1.31 bits per heavy atom. The molecule has 0 aliphatic carbocycles. The van der Waals surface area contributed by atoms with E-state index in [9.17, 15) is 0 Å². The second-order valence-corrected chi connectivity index (χ2v) is 2.79. The Morgan fingerprint density at radius 3 is 2.54 bits per heavy atom. The number of ether oxygens (including phenoxy) is 1. The smallest absolute Gasteiger partial charge is 0.124 e. The zero-order valence-corrected chi connectivity index (χ0v) is 7.77. The fourth-order valence-corrected chi connectivity index (χ4v) is 1.03. The van der Waals surface area contributed by atoms with Crippen molar-refractivity contribution < 1.29 is 9.57 Å². The first kappa shape index (κ1) is 10.0. The Balaban J connectivity index is 2.46. The highest BCUT2D eigenvalue weighted by molar-refractivity contribution is 5.21.